The number of carbonyl (C=O) groups is 1. The van der Waals surface area contributed by atoms with Gasteiger partial charge in [-0.2, -0.15) is 0 Å². The first-order valence-electron chi connectivity index (χ1n) is 9.34. The zero-order chi connectivity index (χ0) is 20.0. The van der Waals surface area contributed by atoms with Crippen LogP contribution in [-0.2, 0) is 10.2 Å². The minimum Gasteiger partial charge on any atom is -0.497 e. The number of benzene rings is 2. The number of hydrogen-bond acceptors (Lipinski definition) is 5. The van der Waals surface area contributed by atoms with Gasteiger partial charge < -0.3 is 24.3 Å². The Balaban J connectivity index is 1.79. The van der Waals surface area contributed by atoms with Crippen LogP contribution in [0.3, 0.4) is 0 Å². The van der Waals surface area contributed by atoms with Crippen LogP contribution in [0.15, 0.2) is 42.5 Å². The van der Waals surface area contributed by atoms with E-state index < -0.39 is 0 Å². The number of rotatable bonds is 7. The predicted octanol–water partition coefficient (Wildman–Crippen LogP) is 3.19. The Bertz CT molecular complexity index is 775. The van der Waals surface area contributed by atoms with Crippen molar-refractivity contribution in [2.45, 2.75) is 18.3 Å². The highest BCUT2D eigenvalue weighted by Crippen LogP contribution is 2.35. The first-order valence-corrected chi connectivity index (χ1v) is 9.34. The van der Waals surface area contributed by atoms with Gasteiger partial charge in [-0.15, -0.1) is 0 Å². The van der Waals surface area contributed by atoms with E-state index in [1.165, 1.54) is 5.56 Å². The Morgan fingerprint density at radius 1 is 0.929 bits per heavy atom. The summed E-state index contributed by atoms with van der Waals surface area (Å²) in [6.07, 6.45) is 1.70. The van der Waals surface area contributed by atoms with Gasteiger partial charge in [-0.3, -0.25) is 4.79 Å². The lowest BCUT2D eigenvalue weighted by molar-refractivity contribution is 0.0487. The fraction of sp³-hybridized carbons (Fsp3) is 0.409. The fourth-order valence-electron chi connectivity index (χ4n) is 3.56. The molecule has 2 aromatic carbocycles. The van der Waals surface area contributed by atoms with E-state index in [4.69, 9.17) is 18.9 Å². The molecule has 1 N–H and O–H groups in total. The second-order valence-corrected chi connectivity index (χ2v) is 6.91. The van der Waals surface area contributed by atoms with Crippen LogP contribution in [0.5, 0.6) is 17.2 Å². The SMILES string of the molecule is COc1ccc(C2(CNC(=O)c3cc(OC)cc(OC)c3)CCOCC2)cc1. The zero-order valence-electron chi connectivity index (χ0n) is 16.6. The molecule has 1 saturated heterocycles. The standard InChI is InChI=1S/C22H27NO5/c1-25-18-6-4-17(5-7-18)22(8-10-28-11-9-22)15-23-21(24)16-12-19(26-2)14-20(13-16)27-3/h4-7,12-14H,8-11,15H2,1-3H3,(H,23,24). The summed E-state index contributed by atoms with van der Waals surface area (Å²) in [7, 11) is 4.79. The Kier molecular flexibility index (Phi) is 6.41. The Morgan fingerprint density at radius 2 is 1.50 bits per heavy atom. The summed E-state index contributed by atoms with van der Waals surface area (Å²) in [4.78, 5) is 12.8. The normalized spacial score (nSPS) is 15.5. The number of methoxy groups -OCH3 is 3. The van der Waals surface area contributed by atoms with E-state index in [0.29, 0.717) is 36.8 Å². The summed E-state index contributed by atoms with van der Waals surface area (Å²) in [5.74, 6) is 1.83. The van der Waals surface area contributed by atoms with Crippen LogP contribution < -0.4 is 19.5 Å². The van der Waals surface area contributed by atoms with Crippen molar-refractivity contribution in [3.63, 3.8) is 0 Å². The zero-order valence-corrected chi connectivity index (χ0v) is 16.6. The molecule has 3 rings (SSSR count). The summed E-state index contributed by atoms with van der Waals surface area (Å²) < 4.78 is 21.4. The molecule has 0 atom stereocenters. The quantitative estimate of drug-likeness (QED) is 0.793. The van der Waals surface area contributed by atoms with E-state index in [1.807, 2.05) is 12.1 Å². The molecule has 0 unspecified atom stereocenters. The van der Waals surface area contributed by atoms with Crippen molar-refractivity contribution in [1.29, 1.82) is 0 Å². The molecule has 1 amide bonds. The minimum absolute atomic E-state index is 0.156. The van der Waals surface area contributed by atoms with Crippen molar-refractivity contribution in [2.75, 3.05) is 41.1 Å². The molecular weight excluding hydrogens is 358 g/mol. The van der Waals surface area contributed by atoms with E-state index in [-0.39, 0.29) is 11.3 Å². The molecule has 150 valence electrons. The smallest absolute Gasteiger partial charge is 0.251 e. The summed E-state index contributed by atoms with van der Waals surface area (Å²) in [5.41, 5.74) is 1.52. The van der Waals surface area contributed by atoms with Crippen LogP contribution in [0.25, 0.3) is 0 Å². The van der Waals surface area contributed by atoms with Gasteiger partial charge in [0.25, 0.3) is 5.91 Å². The van der Waals surface area contributed by atoms with E-state index in [2.05, 4.69) is 17.4 Å². The summed E-state index contributed by atoms with van der Waals surface area (Å²) >= 11 is 0. The molecule has 28 heavy (non-hydrogen) atoms. The van der Waals surface area contributed by atoms with Gasteiger partial charge >= 0.3 is 0 Å². The highest BCUT2D eigenvalue weighted by molar-refractivity contribution is 5.95. The van der Waals surface area contributed by atoms with Crippen LogP contribution in [0.1, 0.15) is 28.8 Å². The Morgan fingerprint density at radius 3 is 2.04 bits per heavy atom. The van der Waals surface area contributed by atoms with Crippen LogP contribution in [0.2, 0.25) is 0 Å². The molecule has 0 bridgehead atoms. The van der Waals surface area contributed by atoms with Crippen molar-refractivity contribution in [3.05, 3.63) is 53.6 Å². The highest BCUT2D eigenvalue weighted by Gasteiger charge is 2.35. The summed E-state index contributed by atoms with van der Waals surface area (Å²) in [5, 5.41) is 3.10. The lowest BCUT2D eigenvalue weighted by atomic mass is 9.74. The van der Waals surface area contributed by atoms with Gasteiger partial charge in [-0.25, -0.2) is 0 Å². The molecule has 0 aromatic heterocycles. The average Bonchev–Trinajstić information content (AvgIpc) is 2.77. The molecular formula is C22H27NO5. The molecule has 1 fully saturated rings. The van der Waals surface area contributed by atoms with Crippen LogP contribution >= 0.6 is 0 Å². The van der Waals surface area contributed by atoms with Crippen molar-refractivity contribution in [3.8, 4) is 17.2 Å². The number of ether oxygens (including phenoxy) is 4. The van der Waals surface area contributed by atoms with Gasteiger partial charge in [-0.05, 0) is 42.7 Å². The van der Waals surface area contributed by atoms with Gasteiger partial charge in [0, 0.05) is 36.8 Å². The molecule has 6 nitrogen and oxygen atoms in total. The van der Waals surface area contributed by atoms with Crippen molar-refractivity contribution in [2.24, 2.45) is 0 Å². The lowest BCUT2D eigenvalue weighted by Gasteiger charge is -2.38. The molecule has 1 aliphatic rings. The summed E-state index contributed by atoms with van der Waals surface area (Å²) in [6.45, 7) is 1.88. The molecule has 6 heteroatoms. The monoisotopic (exact) mass is 385 g/mol. The maximum absolute atomic E-state index is 12.8. The van der Waals surface area contributed by atoms with Crippen LogP contribution in [0.4, 0.5) is 0 Å². The second-order valence-electron chi connectivity index (χ2n) is 6.91. The minimum atomic E-state index is -0.164. The number of hydrogen-bond donors (Lipinski definition) is 1. The number of carbonyl (C=O) groups excluding carboxylic acids is 1. The van der Waals surface area contributed by atoms with E-state index in [9.17, 15) is 4.79 Å². The van der Waals surface area contributed by atoms with Crippen LogP contribution in [0, 0.1) is 0 Å². The lowest BCUT2D eigenvalue weighted by Crippen LogP contribution is -2.44. The van der Waals surface area contributed by atoms with Gasteiger partial charge in [0.2, 0.25) is 0 Å². The highest BCUT2D eigenvalue weighted by atomic mass is 16.5. The van der Waals surface area contributed by atoms with E-state index >= 15 is 0 Å². The van der Waals surface area contributed by atoms with Crippen molar-refractivity contribution >= 4 is 5.91 Å². The Labute approximate surface area is 165 Å². The van der Waals surface area contributed by atoms with Crippen molar-refractivity contribution < 1.29 is 23.7 Å². The average molecular weight is 385 g/mol. The van der Waals surface area contributed by atoms with Gasteiger partial charge in [0.1, 0.15) is 17.2 Å². The molecule has 0 aliphatic carbocycles. The summed E-state index contributed by atoms with van der Waals surface area (Å²) in [6, 6.07) is 13.2. The van der Waals surface area contributed by atoms with Gasteiger partial charge in [0.15, 0.2) is 0 Å². The molecule has 2 aromatic rings. The maximum atomic E-state index is 12.8. The van der Waals surface area contributed by atoms with E-state index in [1.54, 1.807) is 39.5 Å². The number of amides is 1. The third-order valence-electron chi connectivity index (χ3n) is 5.35. The largest absolute Gasteiger partial charge is 0.497 e. The Hall–Kier alpha value is -2.73. The van der Waals surface area contributed by atoms with Crippen LogP contribution in [-0.4, -0.2) is 47.0 Å². The first-order chi connectivity index (χ1) is 13.6. The van der Waals surface area contributed by atoms with Gasteiger partial charge in [0.05, 0.1) is 21.3 Å². The first kappa shape index (κ1) is 20.0. The second kappa shape index (κ2) is 8.97. The molecule has 1 heterocycles. The maximum Gasteiger partial charge on any atom is 0.251 e. The van der Waals surface area contributed by atoms with Gasteiger partial charge in [-0.1, -0.05) is 12.1 Å². The topological polar surface area (TPSA) is 66.0 Å². The number of nitrogens with one attached hydrogen (secondary N) is 1. The predicted molar refractivity (Wildman–Crippen MR) is 107 cm³/mol. The third kappa shape index (κ3) is 4.39. The van der Waals surface area contributed by atoms with Crippen molar-refractivity contribution in [1.82, 2.24) is 5.32 Å². The molecule has 0 radical (unpaired) electrons. The molecule has 0 spiro atoms. The molecule has 0 saturated carbocycles. The molecule has 1 aliphatic heterocycles. The van der Waals surface area contributed by atoms with E-state index in [0.717, 1.165) is 18.6 Å². The fourth-order valence-corrected chi connectivity index (χ4v) is 3.56. The third-order valence-corrected chi connectivity index (χ3v) is 5.35.